The summed E-state index contributed by atoms with van der Waals surface area (Å²) in [6.07, 6.45) is 4.63. The SMILES string of the molecule is CCCc1ccc(OCc2ccccc2)c(CN(C)[C@@H]2CCC[C@@H](N3CCNC(=O)C3)[C@@H]2O)c1. The number of benzene rings is 2. The smallest absolute Gasteiger partial charge is 0.234 e. The molecular weight excluding hydrogens is 426 g/mol. The van der Waals surface area contributed by atoms with Gasteiger partial charge in [-0.2, -0.15) is 0 Å². The number of aryl methyl sites for hydroxylation is 1. The molecule has 3 atom stereocenters. The van der Waals surface area contributed by atoms with Gasteiger partial charge in [-0.05, 0) is 43.5 Å². The summed E-state index contributed by atoms with van der Waals surface area (Å²) in [5.74, 6) is 0.965. The minimum atomic E-state index is -0.475. The van der Waals surface area contributed by atoms with Crippen LogP contribution in [0.4, 0.5) is 0 Å². The average Bonchev–Trinajstić information content (AvgIpc) is 2.84. The maximum Gasteiger partial charge on any atom is 0.234 e. The molecule has 2 fully saturated rings. The fourth-order valence-electron chi connectivity index (χ4n) is 5.42. The number of nitrogens with one attached hydrogen (secondary N) is 1. The van der Waals surface area contributed by atoms with Crippen LogP contribution < -0.4 is 10.1 Å². The molecule has 1 heterocycles. The van der Waals surface area contributed by atoms with Gasteiger partial charge in [0.1, 0.15) is 12.4 Å². The highest BCUT2D eigenvalue weighted by Gasteiger charge is 2.38. The third-order valence-corrected chi connectivity index (χ3v) is 7.21. The molecule has 1 aliphatic carbocycles. The molecule has 4 rings (SSSR count). The standard InChI is InChI=1S/C28H39N3O3/c1-3-8-21-13-14-26(34-20-22-9-5-4-6-10-22)23(17-21)18-30(2)24-11-7-12-25(28(24)33)31-16-15-29-27(32)19-31/h4-6,9-10,13-14,17,24-25,28,33H,3,7-8,11-12,15-16,18-20H2,1-2H3,(H,29,32)/t24-,25-,28-/m1/s1. The molecule has 0 spiro atoms. The molecule has 6 nitrogen and oxygen atoms in total. The van der Waals surface area contributed by atoms with Crippen LogP contribution in [0.1, 0.15) is 49.3 Å². The zero-order valence-electron chi connectivity index (χ0n) is 20.6. The first-order valence-electron chi connectivity index (χ1n) is 12.7. The lowest BCUT2D eigenvalue weighted by Gasteiger charge is -2.45. The zero-order chi connectivity index (χ0) is 23.9. The van der Waals surface area contributed by atoms with Crippen LogP contribution in [0.5, 0.6) is 5.75 Å². The Balaban J connectivity index is 1.47. The van der Waals surface area contributed by atoms with Crippen molar-refractivity contribution in [1.29, 1.82) is 0 Å². The Morgan fingerprint density at radius 3 is 2.74 bits per heavy atom. The Morgan fingerprint density at radius 1 is 1.15 bits per heavy atom. The summed E-state index contributed by atoms with van der Waals surface area (Å²) >= 11 is 0. The summed E-state index contributed by atoms with van der Waals surface area (Å²) in [7, 11) is 2.10. The Kier molecular flexibility index (Phi) is 8.59. The highest BCUT2D eigenvalue weighted by atomic mass is 16.5. The van der Waals surface area contributed by atoms with Gasteiger partial charge in [-0.3, -0.25) is 14.6 Å². The van der Waals surface area contributed by atoms with Crippen LogP contribution in [0.15, 0.2) is 48.5 Å². The van der Waals surface area contributed by atoms with Crippen molar-refractivity contribution in [3.05, 3.63) is 65.2 Å². The molecular formula is C28H39N3O3. The van der Waals surface area contributed by atoms with Crippen LogP contribution in [0.25, 0.3) is 0 Å². The summed E-state index contributed by atoms with van der Waals surface area (Å²) in [4.78, 5) is 16.4. The summed E-state index contributed by atoms with van der Waals surface area (Å²) in [5.41, 5.74) is 3.63. The molecule has 1 saturated carbocycles. The first-order valence-corrected chi connectivity index (χ1v) is 12.7. The number of carbonyl (C=O) groups is 1. The normalized spacial score (nSPS) is 23.6. The van der Waals surface area contributed by atoms with E-state index in [-0.39, 0.29) is 18.0 Å². The van der Waals surface area contributed by atoms with Crippen molar-refractivity contribution in [2.24, 2.45) is 0 Å². The molecule has 2 aromatic rings. The van der Waals surface area contributed by atoms with E-state index in [0.29, 0.717) is 19.7 Å². The fraction of sp³-hybridized carbons (Fsp3) is 0.536. The number of likely N-dealkylation sites (N-methyl/N-ethyl adjacent to an activating group) is 1. The van der Waals surface area contributed by atoms with Gasteiger partial charge >= 0.3 is 0 Å². The second-order valence-electron chi connectivity index (χ2n) is 9.76. The van der Waals surface area contributed by atoms with Crippen LogP contribution in [0.2, 0.25) is 0 Å². The van der Waals surface area contributed by atoms with Crippen molar-refractivity contribution >= 4 is 5.91 Å². The summed E-state index contributed by atoms with van der Waals surface area (Å²) in [5, 5.41) is 14.2. The number of piperazine rings is 1. The van der Waals surface area contributed by atoms with E-state index < -0.39 is 6.10 Å². The third-order valence-electron chi connectivity index (χ3n) is 7.21. The molecule has 0 radical (unpaired) electrons. The van der Waals surface area contributed by atoms with Gasteiger partial charge in [0.15, 0.2) is 0 Å². The second-order valence-corrected chi connectivity index (χ2v) is 9.76. The number of amides is 1. The minimum Gasteiger partial charge on any atom is -0.489 e. The van der Waals surface area contributed by atoms with Gasteiger partial charge in [0.25, 0.3) is 0 Å². The number of aliphatic hydroxyl groups is 1. The second kappa shape index (κ2) is 11.8. The number of nitrogens with zero attached hydrogens (tertiary/aromatic N) is 2. The molecule has 2 N–H and O–H groups in total. The van der Waals surface area contributed by atoms with Gasteiger partial charge in [0, 0.05) is 37.3 Å². The fourth-order valence-corrected chi connectivity index (χ4v) is 5.42. The predicted molar refractivity (Wildman–Crippen MR) is 135 cm³/mol. The molecule has 34 heavy (non-hydrogen) atoms. The van der Waals surface area contributed by atoms with Gasteiger partial charge < -0.3 is 15.2 Å². The van der Waals surface area contributed by atoms with Crippen LogP contribution in [0.3, 0.4) is 0 Å². The quantitative estimate of drug-likeness (QED) is 0.595. The topological polar surface area (TPSA) is 65.0 Å². The van der Waals surface area contributed by atoms with Gasteiger partial charge in [0.05, 0.1) is 12.6 Å². The Bertz CT molecular complexity index is 936. The average molecular weight is 466 g/mol. The van der Waals surface area contributed by atoms with Crippen LogP contribution in [0, 0.1) is 0 Å². The summed E-state index contributed by atoms with van der Waals surface area (Å²) < 4.78 is 6.26. The number of ether oxygens (including phenoxy) is 1. The van der Waals surface area contributed by atoms with Crippen molar-refractivity contribution in [2.75, 3.05) is 26.7 Å². The number of rotatable bonds is 9. The van der Waals surface area contributed by atoms with E-state index >= 15 is 0 Å². The molecule has 1 amide bonds. The van der Waals surface area contributed by atoms with E-state index in [1.54, 1.807) is 0 Å². The van der Waals surface area contributed by atoms with Crippen LogP contribution >= 0.6 is 0 Å². The van der Waals surface area contributed by atoms with E-state index in [4.69, 9.17) is 4.74 Å². The highest BCUT2D eigenvalue weighted by molar-refractivity contribution is 5.78. The minimum absolute atomic E-state index is 0.0347. The maximum absolute atomic E-state index is 11.9. The number of hydrogen-bond donors (Lipinski definition) is 2. The molecule has 0 unspecified atom stereocenters. The number of aliphatic hydroxyl groups excluding tert-OH is 1. The van der Waals surface area contributed by atoms with Gasteiger partial charge in [-0.15, -0.1) is 0 Å². The van der Waals surface area contributed by atoms with Crippen molar-refractivity contribution in [1.82, 2.24) is 15.1 Å². The van der Waals surface area contributed by atoms with E-state index in [9.17, 15) is 9.90 Å². The van der Waals surface area contributed by atoms with Crippen molar-refractivity contribution in [2.45, 2.75) is 70.4 Å². The lowest BCUT2D eigenvalue weighted by molar-refractivity contribution is -0.127. The third kappa shape index (κ3) is 6.17. The number of hydrogen-bond acceptors (Lipinski definition) is 5. The lowest BCUT2D eigenvalue weighted by Crippen LogP contribution is -2.60. The van der Waals surface area contributed by atoms with Gasteiger partial charge in [-0.25, -0.2) is 0 Å². The van der Waals surface area contributed by atoms with Crippen LogP contribution in [-0.4, -0.2) is 65.7 Å². The van der Waals surface area contributed by atoms with Crippen LogP contribution in [-0.2, 0) is 24.4 Å². The number of carbonyl (C=O) groups excluding carboxylic acids is 1. The van der Waals surface area contributed by atoms with E-state index in [2.05, 4.69) is 59.4 Å². The maximum atomic E-state index is 11.9. The highest BCUT2D eigenvalue weighted by Crippen LogP contribution is 2.30. The molecule has 1 aliphatic heterocycles. The molecule has 184 valence electrons. The molecule has 6 heteroatoms. The summed E-state index contributed by atoms with van der Waals surface area (Å²) in [6.45, 7) is 5.31. The molecule has 0 bridgehead atoms. The Morgan fingerprint density at radius 2 is 1.97 bits per heavy atom. The van der Waals surface area contributed by atoms with Crippen molar-refractivity contribution in [3.63, 3.8) is 0 Å². The lowest BCUT2D eigenvalue weighted by atomic mass is 9.85. The van der Waals surface area contributed by atoms with Gasteiger partial charge in [-0.1, -0.05) is 62.2 Å². The van der Waals surface area contributed by atoms with Gasteiger partial charge in [0.2, 0.25) is 5.91 Å². The van der Waals surface area contributed by atoms with E-state index in [0.717, 1.165) is 62.1 Å². The first-order chi connectivity index (χ1) is 16.5. The largest absolute Gasteiger partial charge is 0.489 e. The Labute approximate surface area is 203 Å². The monoisotopic (exact) mass is 465 g/mol. The molecule has 2 aromatic carbocycles. The summed E-state index contributed by atoms with van der Waals surface area (Å²) in [6, 6.07) is 16.9. The van der Waals surface area contributed by atoms with E-state index in [1.807, 2.05) is 18.2 Å². The molecule has 1 saturated heterocycles. The Hall–Kier alpha value is -2.41. The molecule has 2 aliphatic rings. The van der Waals surface area contributed by atoms with E-state index in [1.165, 1.54) is 5.56 Å². The predicted octanol–water partition coefficient (Wildman–Crippen LogP) is 3.36. The van der Waals surface area contributed by atoms with Crippen molar-refractivity contribution < 1.29 is 14.6 Å². The van der Waals surface area contributed by atoms with Crippen molar-refractivity contribution in [3.8, 4) is 5.75 Å². The zero-order valence-corrected chi connectivity index (χ0v) is 20.6. The first kappa shape index (κ1) is 24.7. The molecule has 0 aromatic heterocycles.